The monoisotopic (exact) mass is 349 g/mol. The van der Waals surface area contributed by atoms with E-state index in [4.69, 9.17) is 9.47 Å². The van der Waals surface area contributed by atoms with Crippen molar-refractivity contribution < 1.29 is 14.3 Å². The first-order valence-corrected chi connectivity index (χ1v) is 9.96. The molecule has 0 radical (unpaired) electrons. The Balaban J connectivity index is 1.57. The molecule has 5 heteroatoms. The molecule has 2 aliphatic rings. The molecule has 24 heavy (non-hydrogen) atoms. The van der Waals surface area contributed by atoms with Crippen molar-refractivity contribution in [3.8, 4) is 0 Å². The van der Waals surface area contributed by atoms with Crippen molar-refractivity contribution in [2.75, 3.05) is 32.1 Å². The van der Waals surface area contributed by atoms with Crippen LogP contribution in [-0.2, 0) is 14.3 Å². The number of nitrogens with zero attached hydrogens (tertiary/aromatic N) is 1. The molecule has 132 valence electrons. The van der Waals surface area contributed by atoms with Crippen LogP contribution in [0.3, 0.4) is 0 Å². The molecule has 2 aliphatic heterocycles. The van der Waals surface area contributed by atoms with E-state index in [0.717, 1.165) is 38.4 Å². The average Bonchev–Trinajstić information content (AvgIpc) is 2.63. The number of rotatable bonds is 5. The van der Waals surface area contributed by atoms with Gasteiger partial charge in [0.15, 0.2) is 0 Å². The van der Waals surface area contributed by atoms with Gasteiger partial charge in [0.1, 0.15) is 0 Å². The van der Waals surface area contributed by atoms with Crippen LogP contribution in [0.4, 0.5) is 0 Å². The van der Waals surface area contributed by atoms with E-state index in [9.17, 15) is 4.79 Å². The van der Waals surface area contributed by atoms with Crippen molar-refractivity contribution in [3.05, 3.63) is 35.9 Å². The Hall–Kier alpha value is -1.04. The Morgan fingerprint density at radius 1 is 1.29 bits per heavy atom. The maximum Gasteiger partial charge on any atom is 0.225 e. The van der Waals surface area contributed by atoms with Crippen LogP contribution >= 0.6 is 11.8 Å². The first-order valence-electron chi connectivity index (χ1n) is 8.91. The van der Waals surface area contributed by atoms with E-state index in [0.29, 0.717) is 18.3 Å². The highest BCUT2D eigenvalue weighted by Gasteiger charge is 2.33. The van der Waals surface area contributed by atoms with Crippen LogP contribution in [0.2, 0.25) is 0 Å². The van der Waals surface area contributed by atoms with E-state index in [2.05, 4.69) is 36.1 Å². The molecule has 3 rings (SSSR count). The summed E-state index contributed by atoms with van der Waals surface area (Å²) >= 11 is 1.95. The van der Waals surface area contributed by atoms with Crippen molar-refractivity contribution in [2.24, 2.45) is 0 Å². The molecule has 0 aromatic heterocycles. The van der Waals surface area contributed by atoms with Gasteiger partial charge in [-0.15, -0.1) is 0 Å². The normalized spacial score (nSPS) is 25.6. The van der Waals surface area contributed by atoms with Gasteiger partial charge in [-0.25, -0.2) is 0 Å². The van der Waals surface area contributed by atoms with Crippen molar-refractivity contribution in [1.29, 1.82) is 0 Å². The smallest absolute Gasteiger partial charge is 0.225 e. The highest BCUT2D eigenvalue weighted by atomic mass is 32.2. The maximum absolute atomic E-state index is 12.8. The molecule has 0 bridgehead atoms. The number of carbonyl (C=O) groups excluding carboxylic acids is 1. The molecular weight excluding hydrogens is 322 g/mol. The molecule has 2 heterocycles. The third kappa shape index (κ3) is 4.52. The van der Waals surface area contributed by atoms with Crippen molar-refractivity contribution >= 4 is 17.7 Å². The van der Waals surface area contributed by atoms with Crippen LogP contribution in [0, 0.1) is 0 Å². The number of thioether (sulfide) groups is 1. The molecule has 0 unspecified atom stereocenters. The summed E-state index contributed by atoms with van der Waals surface area (Å²) in [6, 6.07) is 10.6. The van der Waals surface area contributed by atoms with Crippen LogP contribution in [-0.4, -0.2) is 54.3 Å². The Morgan fingerprint density at radius 3 is 2.79 bits per heavy atom. The van der Waals surface area contributed by atoms with Gasteiger partial charge >= 0.3 is 0 Å². The Labute approximate surface area is 148 Å². The van der Waals surface area contributed by atoms with Gasteiger partial charge in [0.2, 0.25) is 5.91 Å². The second kappa shape index (κ2) is 8.88. The summed E-state index contributed by atoms with van der Waals surface area (Å²) in [6.07, 6.45) is 2.61. The molecule has 1 aromatic rings. The van der Waals surface area contributed by atoms with E-state index in [1.807, 2.05) is 17.8 Å². The van der Waals surface area contributed by atoms with Gasteiger partial charge in [-0.1, -0.05) is 37.3 Å². The molecule has 4 nitrogen and oxygen atoms in total. The van der Waals surface area contributed by atoms with E-state index in [1.165, 1.54) is 5.56 Å². The third-order valence-electron chi connectivity index (χ3n) is 4.79. The Morgan fingerprint density at radius 2 is 2.04 bits per heavy atom. The van der Waals surface area contributed by atoms with E-state index >= 15 is 0 Å². The molecule has 0 aliphatic carbocycles. The largest absolute Gasteiger partial charge is 0.381 e. The highest BCUT2D eigenvalue weighted by molar-refractivity contribution is 8.00. The summed E-state index contributed by atoms with van der Waals surface area (Å²) in [5.74, 6) is 1.22. The first kappa shape index (κ1) is 17.8. The fourth-order valence-corrected chi connectivity index (χ4v) is 4.66. The predicted octanol–water partition coefficient (Wildman–Crippen LogP) is 3.28. The summed E-state index contributed by atoms with van der Waals surface area (Å²) in [4.78, 5) is 14.8. The molecule has 2 saturated heterocycles. The minimum absolute atomic E-state index is 0.167. The summed E-state index contributed by atoms with van der Waals surface area (Å²) < 4.78 is 11.2. The number of benzene rings is 1. The SMILES string of the molecule is C[C@H]1SCCN(C(=O)CCOC2CCOCC2)[C@@H]1c1ccccc1. The van der Waals surface area contributed by atoms with Crippen molar-refractivity contribution in [3.63, 3.8) is 0 Å². The third-order valence-corrected chi connectivity index (χ3v) is 5.99. The van der Waals surface area contributed by atoms with Gasteiger partial charge in [-0.2, -0.15) is 11.8 Å². The van der Waals surface area contributed by atoms with Gasteiger partial charge in [0, 0.05) is 30.8 Å². The molecular formula is C19H27NO3S. The van der Waals surface area contributed by atoms with Gasteiger partial charge in [0.25, 0.3) is 0 Å². The first-order chi connectivity index (χ1) is 11.8. The van der Waals surface area contributed by atoms with Crippen LogP contribution in [0.25, 0.3) is 0 Å². The topological polar surface area (TPSA) is 38.8 Å². The molecule has 1 amide bonds. The van der Waals surface area contributed by atoms with E-state index in [1.54, 1.807) is 0 Å². The maximum atomic E-state index is 12.8. The zero-order valence-electron chi connectivity index (χ0n) is 14.4. The summed E-state index contributed by atoms with van der Waals surface area (Å²) in [5, 5.41) is 0.418. The fourth-order valence-electron chi connectivity index (χ4n) is 3.50. The average molecular weight is 349 g/mol. The number of amides is 1. The van der Waals surface area contributed by atoms with Gasteiger partial charge in [-0.05, 0) is 18.4 Å². The highest BCUT2D eigenvalue weighted by Crippen LogP contribution is 2.36. The minimum atomic E-state index is 0.167. The number of hydrogen-bond donors (Lipinski definition) is 0. The van der Waals surface area contributed by atoms with Crippen LogP contribution in [0.1, 0.15) is 37.8 Å². The molecule has 0 saturated carbocycles. The molecule has 2 fully saturated rings. The lowest BCUT2D eigenvalue weighted by Crippen LogP contribution is -2.44. The summed E-state index contributed by atoms with van der Waals surface area (Å²) in [5.41, 5.74) is 1.23. The van der Waals surface area contributed by atoms with Crippen LogP contribution in [0.5, 0.6) is 0 Å². The van der Waals surface area contributed by atoms with Gasteiger partial charge in [0.05, 0.1) is 25.2 Å². The number of carbonyl (C=O) groups is 1. The predicted molar refractivity (Wildman–Crippen MR) is 97.2 cm³/mol. The van der Waals surface area contributed by atoms with E-state index < -0.39 is 0 Å². The molecule has 0 N–H and O–H groups in total. The lowest BCUT2D eigenvalue weighted by atomic mass is 10.0. The van der Waals surface area contributed by atoms with Gasteiger partial charge < -0.3 is 14.4 Å². The minimum Gasteiger partial charge on any atom is -0.381 e. The van der Waals surface area contributed by atoms with Crippen LogP contribution in [0.15, 0.2) is 30.3 Å². The second-order valence-electron chi connectivity index (χ2n) is 6.45. The quantitative estimate of drug-likeness (QED) is 0.818. The molecule has 0 spiro atoms. The van der Waals surface area contributed by atoms with Crippen LogP contribution < -0.4 is 0 Å². The fraction of sp³-hybridized carbons (Fsp3) is 0.632. The standard InChI is InChI=1S/C19H27NO3S/c1-15-19(16-5-3-2-4-6-16)20(10-14-24-15)18(21)9-13-23-17-7-11-22-12-8-17/h2-6,15,17,19H,7-14H2,1H3/t15-,19+/m1/s1. The summed E-state index contributed by atoms with van der Waals surface area (Å²) in [6.45, 7) is 5.11. The van der Waals surface area contributed by atoms with Gasteiger partial charge in [-0.3, -0.25) is 4.79 Å². The second-order valence-corrected chi connectivity index (χ2v) is 7.94. The Bertz CT molecular complexity index is 519. The lowest BCUT2D eigenvalue weighted by molar-refractivity contribution is -0.135. The Kier molecular flexibility index (Phi) is 6.58. The number of hydrogen-bond acceptors (Lipinski definition) is 4. The molecule has 1 aromatic carbocycles. The summed E-state index contributed by atoms with van der Waals surface area (Å²) in [7, 11) is 0. The molecule has 2 atom stereocenters. The van der Waals surface area contributed by atoms with E-state index in [-0.39, 0.29) is 18.1 Å². The number of ether oxygens (including phenoxy) is 2. The van der Waals surface area contributed by atoms with Crippen molar-refractivity contribution in [2.45, 2.75) is 43.6 Å². The van der Waals surface area contributed by atoms with Crippen molar-refractivity contribution in [1.82, 2.24) is 4.90 Å². The lowest BCUT2D eigenvalue weighted by Gasteiger charge is -2.40. The zero-order valence-corrected chi connectivity index (χ0v) is 15.2. The zero-order chi connectivity index (χ0) is 16.8.